The van der Waals surface area contributed by atoms with Gasteiger partial charge in [0, 0.05) is 6.04 Å². The Bertz CT molecular complexity index is 581. The summed E-state index contributed by atoms with van der Waals surface area (Å²) in [6.45, 7) is 6.82. The van der Waals surface area contributed by atoms with E-state index in [4.69, 9.17) is 9.47 Å². The van der Waals surface area contributed by atoms with Gasteiger partial charge in [-0.2, -0.15) is 5.10 Å². The Balaban J connectivity index is 2.13. The number of hydrogen-bond acceptors (Lipinski definition) is 5. The Morgan fingerprint density at radius 2 is 2.05 bits per heavy atom. The lowest BCUT2D eigenvalue weighted by Gasteiger charge is -2.14. The average molecular weight is 291 g/mol. The molecule has 0 aliphatic carbocycles. The zero-order valence-electron chi connectivity index (χ0n) is 12.6. The van der Waals surface area contributed by atoms with E-state index in [2.05, 4.69) is 10.1 Å². The number of nitrogens with zero attached hydrogens (tertiary/aromatic N) is 3. The minimum Gasteiger partial charge on any atom is -0.490 e. The average Bonchev–Trinajstić information content (AvgIpc) is 2.95. The Morgan fingerprint density at radius 1 is 1.24 bits per heavy atom. The molecule has 114 valence electrons. The third kappa shape index (κ3) is 3.72. The van der Waals surface area contributed by atoms with Crippen LogP contribution in [0.5, 0.6) is 11.5 Å². The van der Waals surface area contributed by atoms with E-state index < -0.39 is 0 Å². The number of rotatable bonds is 7. The normalized spacial score (nSPS) is 10.9. The third-order valence-electron chi connectivity index (χ3n) is 2.98. The maximum Gasteiger partial charge on any atom is 0.165 e. The first-order valence-electron chi connectivity index (χ1n) is 7.03. The number of ether oxygens (including phenoxy) is 2. The molecule has 6 nitrogen and oxygen atoms in total. The topological polar surface area (TPSA) is 69.4 Å². The van der Waals surface area contributed by atoms with Gasteiger partial charge in [0.25, 0.3) is 0 Å². The molecule has 1 aromatic carbocycles. The fraction of sp³-hybridized carbons (Fsp3) is 0.467. The highest BCUT2D eigenvalue weighted by Crippen LogP contribution is 2.29. The lowest BCUT2D eigenvalue weighted by molar-refractivity contribution is 0.252. The lowest BCUT2D eigenvalue weighted by Crippen LogP contribution is -2.11. The molecule has 2 rings (SSSR count). The van der Waals surface area contributed by atoms with E-state index in [0.29, 0.717) is 24.7 Å². The fourth-order valence-corrected chi connectivity index (χ4v) is 1.99. The molecule has 0 aliphatic rings. The SMILES string of the molecule is CCOc1cc(CO)ccc1OCc1ncnn1C(C)C. The maximum absolute atomic E-state index is 9.18. The summed E-state index contributed by atoms with van der Waals surface area (Å²) in [5.41, 5.74) is 0.788. The number of aromatic nitrogens is 3. The van der Waals surface area contributed by atoms with Crippen LogP contribution in [-0.2, 0) is 13.2 Å². The Labute approximate surface area is 124 Å². The largest absolute Gasteiger partial charge is 0.490 e. The van der Waals surface area contributed by atoms with Gasteiger partial charge in [-0.25, -0.2) is 9.67 Å². The van der Waals surface area contributed by atoms with E-state index in [0.717, 1.165) is 11.4 Å². The highest BCUT2D eigenvalue weighted by atomic mass is 16.5. The fourth-order valence-electron chi connectivity index (χ4n) is 1.99. The second kappa shape index (κ2) is 7.08. The lowest BCUT2D eigenvalue weighted by atomic mass is 10.2. The number of aliphatic hydroxyl groups excluding tert-OH is 1. The molecule has 0 spiro atoms. The Morgan fingerprint density at radius 3 is 2.71 bits per heavy atom. The van der Waals surface area contributed by atoms with Gasteiger partial charge in [0.15, 0.2) is 17.3 Å². The predicted octanol–water partition coefficient (Wildman–Crippen LogP) is 2.33. The van der Waals surface area contributed by atoms with Crippen LogP contribution in [0.2, 0.25) is 0 Å². The van der Waals surface area contributed by atoms with Gasteiger partial charge in [-0.1, -0.05) is 6.07 Å². The van der Waals surface area contributed by atoms with Crippen molar-refractivity contribution in [2.24, 2.45) is 0 Å². The summed E-state index contributed by atoms with van der Waals surface area (Å²) in [5.74, 6) is 2.02. The van der Waals surface area contributed by atoms with Crippen molar-refractivity contribution in [1.29, 1.82) is 0 Å². The second-order valence-corrected chi connectivity index (χ2v) is 4.88. The van der Waals surface area contributed by atoms with E-state index in [1.54, 1.807) is 12.1 Å². The summed E-state index contributed by atoms with van der Waals surface area (Å²) in [6.07, 6.45) is 1.52. The minimum absolute atomic E-state index is 0.0258. The van der Waals surface area contributed by atoms with Gasteiger partial charge in [0.1, 0.15) is 12.9 Å². The molecule has 6 heteroatoms. The first kappa shape index (κ1) is 15.3. The summed E-state index contributed by atoms with van der Waals surface area (Å²) in [5, 5.41) is 13.4. The summed E-state index contributed by atoms with van der Waals surface area (Å²) in [4.78, 5) is 4.21. The van der Waals surface area contributed by atoms with Crippen LogP contribution in [-0.4, -0.2) is 26.5 Å². The van der Waals surface area contributed by atoms with Gasteiger partial charge in [-0.05, 0) is 38.5 Å². The summed E-state index contributed by atoms with van der Waals surface area (Å²) in [6, 6.07) is 5.62. The van der Waals surface area contributed by atoms with Crippen molar-refractivity contribution in [3.05, 3.63) is 35.9 Å². The van der Waals surface area contributed by atoms with Crippen molar-refractivity contribution < 1.29 is 14.6 Å². The summed E-state index contributed by atoms with van der Waals surface area (Å²) in [7, 11) is 0. The van der Waals surface area contributed by atoms with E-state index >= 15 is 0 Å². The predicted molar refractivity (Wildman–Crippen MR) is 78.3 cm³/mol. The van der Waals surface area contributed by atoms with Crippen molar-refractivity contribution in [2.45, 2.75) is 40.0 Å². The zero-order valence-corrected chi connectivity index (χ0v) is 12.6. The van der Waals surface area contributed by atoms with E-state index in [1.807, 2.05) is 31.5 Å². The van der Waals surface area contributed by atoms with Crippen LogP contribution in [0, 0.1) is 0 Å². The van der Waals surface area contributed by atoms with Crippen LogP contribution >= 0.6 is 0 Å². The van der Waals surface area contributed by atoms with Crippen LogP contribution in [0.4, 0.5) is 0 Å². The van der Waals surface area contributed by atoms with Crippen molar-refractivity contribution in [2.75, 3.05) is 6.61 Å². The molecule has 1 N–H and O–H groups in total. The molecule has 0 radical (unpaired) electrons. The van der Waals surface area contributed by atoms with Gasteiger partial charge in [0.2, 0.25) is 0 Å². The zero-order chi connectivity index (χ0) is 15.2. The summed E-state index contributed by atoms with van der Waals surface area (Å²) >= 11 is 0. The van der Waals surface area contributed by atoms with Crippen LogP contribution < -0.4 is 9.47 Å². The van der Waals surface area contributed by atoms with Gasteiger partial charge in [0.05, 0.1) is 13.2 Å². The molecule has 0 unspecified atom stereocenters. The molecule has 0 aliphatic heterocycles. The highest BCUT2D eigenvalue weighted by molar-refractivity contribution is 5.42. The second-order valence-electron chi connectivity index (χ2n) is 4.88. The quantitative estimate of drug-likeness (QED) is 0.848. The number of aliphatic hydroxyl groups is 1. The van der Waals surface area contributed by atoms with E-state index in [1.165, 1.54) is 6.33 Å². The molecule has 0 bridgehead atoms. The molecular weight excluding hydrogens is 270 g/mol. The maximum atomic E-state index is 9.18. The van der Waals surface area contributed by atoms with Crippen molar-refractivity contribution in [3.8, 4) is 11.5 Å². The van der Waals surface area contributed by atoms with Gasteiger partial charge < -0.3 is 14.6 Å². The summed E-state index contributed by atoms with van der Waals surface area (Å²) < 4.78 is 13.2. The monoisotopic (exact) mass is 291 g/mol. The minimum atomic E-state index is -0.0258. The van der Waals surface area contributed by atoms with Gasteiger partial charge in [-0.3, -0.25) is 0 Å². The van der Waals surface area contributed by atoms with Crippen LogP contribution in [0.25, 0.3) is 0 Å². The Kier molecular flexibility index (Phi) is 5.16. The van der Waals surface area contributed by atoms with Gasteiger partial charge in [-0.15, -0.1) is 0 Å². The van der Waals surface area contributed by atoms with Crippen molar-refractivity contribution in [1.82, 2.24) is 14.8 Å². The molecule has 0 saturated carbocycles. The molecule has 21 heavy (non-hydrogen) atoms. The Hall–Kier alpha value is -2.08. The first-order valence-corrected chi connectivity index (χ1v) is 7.03. The van der Waals surface area contributed by atoms with Crippen LogP contribution in [0.15, 0.2) is 24.5 Å². The van der Waals surface area contributed by atoms with E-state index in [-0.39, 0.29) is 12.6 Å². The molecule has 1 heterocycles. The molecular formula is C15H21N3O3. The van der Waals surface area contributed by atoms with E-state index in [9.17, 15) is 5.11 Å². The highest BCUT2D eigenvalue weighted by Gasteiger charge is 2.11. The molecule has 1 aromatic heterocycles. The van der Waals surface area contributed by atoms with Crippen molar-refractivity contribution >= 4 is 0 Å². The smallest absolute Gasteiger partial charge is 0.165 e. The third-order valence-corrected chi connectivity index (χ3v) is 2.98. The molecule has 0 amide bonds. The standard InChI is InChI=1S/C15H21N3O3/c1-4-20-14-7-12(8-19)5-6-13(14)21-9-15-16-10-17-18(15)11(2)3/h5-7,10-11,19H,4,8-9H2,1-3H3. The van der Waals surface area contributed by atoms with Gasteiger partial charge >= 0.3 is 0 Å². The number of benzene rings is 1. The first-order chi connectivity index (χ1) is 10.2. The molecule has 2 aromatic rings. The molecule has 0 atom stereocenters. The van der Waals surface area contributed by atoms with Crippen molar-refractivity contribution in [3.63, 3.8) is 0 Å². The molecule has 0 fully saturated rings. The molecule has 0 saturated heterocycles. The van der Waals surface area contributed by atoms with Crippen LogP contribution in [0.1, 0.15) is 38.2 Å². The van der Waals surface area contributed by atoms with Crippen LogP contribution in [0.3, 0.4) is 0 Å². The number of hydrogen-bond donors (Lipinski definition) is 1.